The molecule has 0 bridgehead atoms. The van der Waals surface area contributed by atoms with Crippen molar-refractivity contribution in [2.45, 2.75) is 12.8 Å². The number of hydrogen-bond donors (Lipinski definition) is 2. The summed E-state index contributed by atoms with van der Waals surface area (Å²) < 4.78 is 26.0. The lowest BCUT2D eigenvalue weighted by molar-refractivity contribution is 0.597. The lowest BCUT2D eigenvalue weighted by Crippen LogP contribution is -2.18. The number of H-pyrrole nitrogens is 1. The maximum absolute atomic E-state index is 11.8. The highest BCUT2D eigenvalue weighted by atomic mass is 32.2. The molecule has 1 aliphatic rings. The van der Waals surface area contributed by atoms with Crippen LogP contribution in [0.4, 0.5) is 5.95 Å². The predicted octanol–water partition coefficient (Wildman–Crippen LogP) is 1.71. The summed E-state index contributed by atoms with van der Waals surface area (Å²) in [5.41, 5.74) is 1.59. The van der Waals surface area contributed by atoms with Crippen LogP contribution in [0.25, 0.3) is 11.0 Å². The molecule has 1 heterocycles. The molecule has 1 aromatic heterocycles. The number of rotatable bonds is 4. The summed E-state index contributed by atoms with van der Waals surface area (Å²) in [6, 6.07) is 7.44. The molecular weight excluding hydrogens is 238 g/mol. The average molecular weight is 251 g/mol. The molecule has 2 N–H and O–H groups in total. The molecule has 0 atom stereocenters. The summed E-state index contributed by atoms with van der Waals surface area (Å²) in [6.07, 6.45) is 2.03. The zero-order valence-corrected chi connectivity index (χ0v) is 10.00. The molecule has 6 heteroatoms. The number of imidazole rings is 1. The van der Waals surface area contributed by atoms with E-state index in [0.717, 1.165) is 23.9 Å². The second kappa shape index (κ2) is 3.73. The minimum atomic E-state index is -3.26. The number of anilines is 1. The molecule has 0 amide bonds. The minimum Gasteiger partial charge on any atom is -0.323 e. The monoisotopic (exact) mass is 251 g/mol. The standard InChI is InChI=1S/C11H13N3O2S/c15-17(16,7-8-5-6-8)14-11-12-9-3-1-2-4-10(9)13-11/h1-4,8H,5-7H2,(H2,12,13,14). The summed E-state index contributed by atoms with van der Waals surface area (Å²) in [4.78, 5) is 7.12. The molecular formula is C11H13N3O2S. The van der Waals surface area contributed by atoms with Crippen LogP contribution >= 0.6 is 0 Å². The minimum absolute atomic E-state index is 0.198. The van der Waals surface area contributed by atoms with Crippen molar-refractivity contribution in [1.82, 2.24) is 9.97 Å². The highest BCUT2D eigenvalue weighted by Gasteiger charge is 2.28. The van der Waals surface area contributed by atoms with Crippen LogP contribution in [-0.2, 0) is 10.0 Å². The van der Waals surface area contributed by atoms with Gasteiger partial charge in [-0.15, -0.1) is 0 Å². The van der Waals surface area contributed by atoms with Gasteiger partial charge in [-0.3, -0.25) is 4.72 Å². The van der Waals surface area contributed by atoms with E-state index in [9.17, 15) is 8.42 Å². The molecule has 5 nitrogen and oxygen atoms in total. The molecule has 1 aromatic carbocycles. The highest BCUT2D eigenvalue weighted by molar-refractivity contribution is 7.92. The van der Waals surface area contributed by atoms with E-state index >= 15 is 0 Å². The maximum atomic E-state index is 11.8. The number of fused-ring (bicyclic) bond motifs is 1. The van der Waals surface area contributed by atoms with Crippen molar-refractivity contribution in [2.24, 2.45) is 5.92 Å². The molecule has 1 saturated carbocycles. The van der Waals surface area contributed by atoms with Crippen molar-refractivity contribution < 1.29 is 8.42 Å². The summed E-state index contributed by atoms with van der Waals surface area (Å²) in [7, 11) is -3.26. The molecule has 0 saturated heterocycles. The van der Waals surface area contributed by atoms with Gasteiger partial charge in [-0.1, -0.05) is 12.1 Å². The molecule has 0 aliphatic heterocycles. The fourth-order valence-electron chi connectivity index (χ4n) is 1.78. The quantitative estimate of drug-likeness (QED) is 0.868. The molecule has 17 heavy (non-hydrogen) atoms. The van der Waals surface area contributed by atoms with E-state index in [4.69, 9.17) is 0 Å². The van der Waals surface area contributed by atoms with E-state index in [-0.39, 0.29) is 5.75 Å². The van der Waals surface area contributed by atoms with Gasteiger partial charge in [-0.05, 0) is 30.9 Å². The number of sulfonamides is 1. The van der Waals surface area contributed by atoms with Crippen molar-refractivity contribution in [3.05, 3.63) is 24.3 Å². The molecule has 2 aromatic rings. The first kappa shape index (κ1) is 10.6. The molecule has 1 fully saturated rings. The fraction of sp³-hybridized carbons (Fsp3) is 0.364. The van der Waals surface area contributed by atoms with E-state index in [0.29, 0.717) is 11.9 Å². The van der Waals surface area contributed by atoms with Crippen LogP contribution in [0.1, 0.15) is 12.8 Å². The SMILES string of the molecule is O=S(=O)(CC1CC1)Nc1nc2ccccc2[nH]1. The lowest BCUT2D eigenvalue weighted by Gasteiger charge is -2.02. The Kier molecular flexibility index (Phi) is 2.32. The number of benzene rings is 1. The Morgan fingerprint density at radius 1 is 1.35 bits per heavy atom. The number of aromatic amines is 1. The van der Waals surface area contributed by atoms with Gasteiger partial charge >= 0.3 is 0 Å². The van der Waals surface area contributed by atoms with Crippen LogP contribution in [0.15, 0.2) is 24.3 Å². The Labute approximate surface area is 99.3 Å². The normalized spacial score (nSPS) is 16.2. The molecule has 90 valence electrons. The maximum Gasteiger partial charge on any atom is 0.235 e. The van der Waals surface area contributed by atoms with Crippen LogP contribution in [0, 0.1) is 5.92 Å². The van der Waals surface area contributed by atoms with Crippen molar-refractivity contribution in [3.63, 3.8) is 0 Å². The Morgan fingerprint density at radius 3 is 2.82 bits per heavy atom. The predicted molar refractivity (Wildman–Crippen MR) is 66.2 cm³/mol. The van der Waals surface area contributed by atoms with Crippen LogP contribution in [0.3, 0.4) is 0 Å². The Hall–Kier alpha value is -1.56. The van der Waals surface area contributed by atoms with Gasteiger partial charge in [0.1, 0.15) is 0 Å². The van der Waals surface area contributed by atoms with E-state index in [1.165, 1.54) is 0 Å². The van der Waals surface area contributed by atoms with Crippen molar-refractivity contribution in [2.75, 3.05) is 10.5 Å². The third kappa shape index (κ3) is 2.41. The number of para-hydroxylation sites is 2. The molecule has 0 spiro atoms. The Bertz CT molecular complexity index is 611. The summed E-state index contributed by atoms with van der Waals surface area (Å²) in [6.45, 7) is 0. The zero-order valence-electron chi connectivity index (χ0n) is 9.18. The lowest BCUT2D eigenvalue weighted by atomic mass is 10.3. The molecule has 0 radical (unpaired) electrons. The first-order valence-corrected chi connectivity index (χ1v) is 7.23. The van der Waals surface area contributed by atoms with Crippen molar-refractivity contribution >= 4 is 27.0 Å². The molecule has 1 aliphatic carbocycles. The van der Waals surface area contributed by atoms with E-state index in [1.807, 2.05) is 24.3 Å². The largest absolute Gasteiger partial charge is 0.323 e. The van der Waals surface area contributed by atoms with Gasteiger partial charge in [0.15, 0.2) is 0 Å². The summed E-state index contributed by atoms with van der Waals surface area (Å²) in [5.74, 6) is 0.827. The van der Waals surface area contributed by atoms with Crippen LogP contribution in [-0.4, -0.2) is 24.1 Å². The fourth-order valence-corrected chi connectivity index (χ4v) is 3.21. The van der Waals surface area contributed by atoms with E-state index in [1.54, 1.807) is 0 Å². The van der Waals surface area contributed by atoms with Gasteiger partial charge in [0.2, 0.25) is 16.0 Å². The molecule has 0 unspecified atom stereocenters. The van der Waals surface area contributed by atoms with Crippen LogP contribution in [0.2, 0.25) is 0 Å². The number of aromatic nitrogens is 2. The first-order chi connectivity index (χ1) is 8.12. The van der Waals surface area contributed by atoms with Gasteiger partial charge in [-0.2, -0.15) is 0 Å². The second-order valence-electron chi connectivity index (χ2n) is 4.43. The van der Waals surface area contributed by atoms with Gasteiger partial charge in [0, 0.05) is 0 Å². The third-order valence-corrected chi connectivity index (χ3v) is 4.21. The summed E-state index contributed by atoms with van der Waals surface area (Å²) in [5, 5.41) is 0. The Morgan fingerprint density at radius 2 is 2.12 bits per heavy atom. The van der Waals surface area contributed by atoms with Gasteiger partial charge in [0.25, 0.3) is 0 Å². The molecule has 3 rings (SSSR count). The zero-order chi connectivity index (χ0) is 11.9. The first-order valence-electron chi connectivity index (χ1n) is 5.58. The average Bonchev–Trinajstić information content (AvgIpc) is 2.95. The van der Waals surface area contributed by atoms with Crippen LogP contribution in [0.5, 0.6) is 0 Å². The van der Waals surface area contributed by atoms with Crippen LogP contribution < -0.4 is 4.72 Å². The topological polar surface area (TPSA) is 74.8 Å². The van der Waals surface area contributed by atoms with E-state index in [2.05, 4.69) is 14.7 Å². The summed E-state index contributed by atoms with van der Waals surface area (Å²) >= 11 is 0. The Balaban J connectivity index is 1.84. The van der Waals surface area contributed by atoms with Gasteiger partial charge < -0.3 is 4.98 Å². The van der Waals surface area contributed by atoms with Crippen molar-refractivity contribution in [1.29, 1.82) is 0 Å². The number of nitrogens with one attached hydrogen (secondary N) is 2. The number of nitrogens with zero attached hydrogens (tertiary/aromatic N) is 1. The smallest absolute Gasteiger partial charge is 0.235 e. The third-order valence-electron chi connectivity index (χ3n) is 2.79. The highest BCUT2D eigenvalue weighted by Crippen LogP contribution is 2.30. The van der Waals surface area contributed by atoms with Gasteiger partial charge in [0.05, 0.1) is 16.8 Å². The van der Waals surface area contributed by atoms with Gasteiger partial charge in [-0.25, -0.2) is 13.4 Å². The van der Waals surface area contributed by atoms with Crippen molar-refractivity contribution in [3.8, 4) is 0 Å². The van der Waals surface area contributed by atoms with E-state index < -0.39 is 10.0 Å². The number of hydrogen-bond acceptors (Lipinski definition) is 3. The second-order valence-corrected chi connectivity index (χ2v) is 6.20.